The molecule has 0 spiro atoms. The first-order valence-corrected chi connectivity index (χ1v) is 18.4. The summed E-state index contributed by atoms with van der Waals surface area (Å²) in [5, 5.41) is 29.0. The highest BCUT2D eigenvalue weighted by atomic mass is 16.4. The minimum Gasteiger partial charge on any atom is -0.478 e. The van der Waals surface area contributed by atoms with Crippen LogP contribution >= 0.6 is 0 Å². The van der Waals surface area contributed by atoms with Crippen LogP contribution in [0.15, 0.2) is 121 Å². The van der Waals surface area contributed by atoms with Crippen LogP contribution in [0.4, 0.5) is 0 Å². The average Bonchev–Trinajstić information content (AvgIpc) is 4.07. The summed E-state index contributed by atoms with van der Waals surface area (Å²) in [5.41, 5.74) is 13.3. The number of carboxylic acids is 3. The maximum absolute atomic E-state index is 11.8. The molecule has 280 valence electrons. The lowest BCUT2D eigenvalue weighted by Gasteiger charge is -2.08. The van der Waals surface area contributed by atoms with Crippen LogP contribution in [-0.4, -0.2) is 53.2 Å². The molecule has 2 aliphatic heterocycles. The van der Waals surface area contributed by atoms with Gasteiger partial charge in [0.2, 0.25) is 0 Å². The molecule has 4 aromatic carbocycles. The quantitative estimate of drug-likeness (QED) is 0.107. The van der Waals surface area contributed by atoms with Crippen molar-refractivity contribution in [1.29, 1.82) is 0 Å². The lowest BCUT2D eigenvalue weighted by Crippen LogP contribution is -1.96. The SMILES string of the molecule is Cc1ccc(-c2c3nc(c(-c4ccc(C(=O)O)cc4)c4ccc([nH]4)c(-c4ccc(C(=O)O)cc4)c4nc(c(-c5ccc(C(=O)O)cc5)c5ccc2[nH]5)C=C4)C=C3)cc1. The highest BCUT2D eigenvalue weighted by Gasteiger charge is 2.20. The van der Waals surface area contributed by atoms with E-state index >= 15 is 0 Å². The van der Waals surface area contributed by atoms with E-state index < -0.39 is 17.9 Å². The Hall–Kier alpha value is -8.11. The van der Waals surface area contributed by atoms with Crippen LogP contribution in [0, 0.1) is 6.92 Å². The molecule has 8 bridgehead atoms. The monoisotopic (exact) mass is 760 g/mol. The van der Waals surface area contributed by atoms with Gasteiger partial charge in [0.15, 0.2) is 0 Å². The van der Waals surface area contributed by atoms with E-state index in [0.29, 0.717) is 39.4 Å². The third-order valence-corrected chi connectivity index (χ3v) is 10.4. The predicted molar refractivity (Wildman–Crippen MR) is 226 cm³/mol. The number of aromatic carboxylic acids is 3. The van der Waals surface area contributed by atoms with E-state index in [1.165, 1.54) is 0 Å². The van der Waals surface area contributed by atoms with Crippen LogP contribution in [0.2, 0.25) is 0 Å². The molecule has 10 heteroatoms. The molecular formula is C48H32N4O6. The molecule has 58 heavy (non-hydrogen) atoms. The summed E-state index contributed by atoms with van der Waals surface area (Å²) >= 11 is 0. The van der Waals surface area contributed by atoms with Crippen molar-refractivity contribution in [3.63, 3.8) is 0 Å². The highest BCUT2D eigenvalue weighted by molar-refractivity contribution is 6.01. The fourth-order valence-corrected chi connectivity index (χ4v) is 7.48. The number of H-pyrrole nitrogens is 2. The molecular weight excluding hydrogens is 729 g/mol. The molecule has 0 saturated heterocycles. The molecule has 2 aliphatic rings. The standard InChI is InChI=1S/C48H32N4O6/c1-26-2-4-27(5-3-26)42-34-18-20-36(49-34)43(28-6-12-31(13-7-28)46(53)54)38-22-24-40(51-38)45(30-10-16-33(17-11-30)48(57)58)41-25-23-39(52-41)44(37-21-19-35(42)50-37)29-8-14-32(15-9-29)47(55)56/h2-25,49,52H,1H3,(H,53,54)(H,55,56)(H,57,58). The molecule has 0 atom stereocenters. The van der Waals surface area contributed by atoms with Gasteiger partial charge in [0.1, 0.15) is 0 Å². The fourth-order valence-electron chi connectivity index (χ4n) is 7.48. The second-order valence-electron chi connectivity index (χ2n) is 14.0. The number of aromatic nitrogens is 4. The van der Waals surface area contributed by atoms with Gasteiger partial charge in [-0.2, -0.15) is 0 Å². The Morgan fingerprint density at radius 3 is 0.862 bits per heavy atom. The number of aromatic amines is 2. The van der Waals surface area contributed by atoms with Crippen LogP contribution in [0.3, 0.4) is 0 Å². The lowest BCUT2D eigenvalue weighted by atomic mass is 10.0. The van der Waals surface area contributed by atoms with E-state index in [1.807, 2.05) is 55.5 Å². The molecule has 9 rings (SSSR count). The maximum atomic E-state index is 11.8. The third-order valence-electron chi connectivity index (χ3n) is 10.4. The average molecular weight is 761 g/mol. The Bertz CT molecular complexity index is 3010. The van der Waals surface area contributed by atoms with Crippen LogP contribution in [0.1, 0.15) is 59.4 Å². The van der Waals surface area contributed by atoms with E-state index in [9.17, 15) is 29.7 Å². The van der Waals surface area contributed by atoms with E-state index in [1.54, 1.807) is 72.8 Å². The van der Waals surface area contributed by atoms with Crippen molar-refractivity contribution in [3.8, 4) is 44.5 Å². The Balaban J connectivity index is 1.44. The molecule has 0 unspecified atom stereocenters. The Kier molecular flexibility index (Phi) is 8.71. The number of fused-ring (bicyclic) bond motifs is 8. The number of rotatable bonds is 7. The molecule has 0 fully saturated rings. The number of carboxylic acid groups (broad SMARTS) is 3. The molecule has 0 amide bonds. The van der Waals surface area contributed by atoms with E-state index in [0.717, 1.165) is 55.5 Å². The van der Waals surface area contributed by atoms with Gasteiger partial charge in [-0.05, 0) is 114 Å². The van der Waals surface area contributed by atoms with Crippen molar-refractivity contribution in [2.24, 2.45) is 0 Å². The van der Waals surface area contributed by atoms with Crippen LogP contribution in [-0.2, 0) is 0 Å². The van der Waals surface area contributed by atoms with Gasteiger partial charge >= 0.3 is 17.9 Å². The van der Waals surface area contributed by atoms with Crippen molar-refractivity contribution in [3.05, 3.63) is 166 Å². The summed E-state index contributed by atoms with van der Waals surface area (Å²) in [4.78, 5) is 53.2. The maximum Gasteiger partial charge on any atom is 0.335 e. The second-order valence-corrected chi connectivity index (χ2v) is 14.0. The van der Waals surface area contributed by atoms with Crippen molar-refractivity contribution in [1.82, 2.24) is 19.9 Å². The van der Waals surface area contributed by atoms with E-state index in [4.69, 9.17) is 9.97 Å². The van der Waals surface area contributed by atoms with Gasteiger partial charge < -0.3 is 25.3 Å². The zero-order valence-electron chi connectivity index (χ0n) is 30.8. The van der Waals surface area contributed by atoms with Gasteiger partial charge in [0, 0.05) is 44.3 Å². The lowest BCUT2D eigenvalue weighted by molar-refractivity contribution is 0.0686. The van der Waals surface area contributed by atoms with Crippen molar-refractivity contribution in [2.75, 3.05) is 0 Å². The second kappa shape index (κ2) is 14.2. The van der Waals surface area contributed by atoms with Gasteiger partial charge in [-0.1, -0.05) is 66.2 Å². The normalized spacial score (nSPS) is 11.8. The highest BCUT2D eigenvalue weighted by Crippen LogP contribution is 2.38. The summed E-state index contributed by atoms with van der Waals surface area (Å²) in [6.07, 6.45) is 7.75. The molecule has 0 radical (unpaired) electrons. The number of nitrogens with zero attached hydrogens (tertiary/aromatic N) is 2. The number of hydrogen-bond donors (Lipinski definition) is 5. The Morgan fingerprint density at radius 1 is 0.379 bits per heavy atom. The van der Waals surface area contributed by atoms with Crippen molar-refractivity contribution >= 4 is 64.3 Å². The summed E-state index contributed by atoms with van der Waals surface area (Å²) in [6.45, 7) is 2.03. The van der Waals surface area contributed by atoms with Crippen LogP contribution in [0.5, 0.6) is 0 Å². The van der Waals surface area contributed by atoms with Gasteiger partial charge in [-0.3, -0.25) is 0 Å². The molecule has 3 aromatic heterocycles. The first-order chi connectivity index (χ1) is 28.1. The van der Waals surface area contributed by atoms with Crippen molar-refractivity contribution in [2.45, 2.75) is 6.92 Å². The fraction of sp³-hybridized carbons (Fsp3) is 0.0208. The first-order valence-electron chi connectivity index (χ1n) is 18.4. The summed E-state index contributed by atoms with van der Waals surface area (Å²) in [6, 6.07) is 36.1. The Morgan fingerprint density at radius 2 is 0.621 bits per heavy atom. The molecule has 5 heterocycles. The molecule has 5 N–H and O–H groups in total. The largest absolute Gasteiger partial charge is 0.478 e. The zero-order valence-corrected chi connectivity index (χ0v) is 30.8. The van der Waals surface area contributed by atoms with Gasteiger partial charge in [0.25, 0.3) is 0 Å². The minimum absolute atomic E-state index is 0.143. The number of nitrogens with one attached hydrogen (secondary N) is 2. The number of benzene rings is 4. The van der Waals surface area contributed by atoms with Gasteiger partial charge in [-0.15, -0.1) is 0 Å². The molecule has 0 aliphatic carbocycles. The molecule has 10 nitrogen and oxygen atoms in total. The van der Waals surface area contributed by atoms with E-state index in [2.05, 4.69) is 34.2 Å². The number of aryl methyl sites for hydroxylation is 1. The number of carbonyl (C=O) groups is 3. The summed E-state index contributed by atoms with van der Waals surface area (Å²) < 4.78 is 0. The van der Waals surface area contributed by atoms with Crippen molar-refractivity contribution < 1.29 is 29.7 Å². The topological polar surface area (TPSA) is 169 Å². The predicted octanol–water partition coefficient (Wildman–Crippen LogP) is 10.7. The zero-order chi connectivity index (χ0) is 40.1. The Labute approximate surface area is 330 Å². The van der Waals surface area contributed by atoms with Gasteiger partial charge in [-0.25, -0.2) is 24.4 Å². The summed E-state index contributed by atoms with van der Waals surface area (Å²) in [5.74, 6) is -3.10. The smallest absolute Gasteiger partial charge is 0.335 e. The third kappa shape index (κ3) is 6.44. The van der Waals surface area contributed by atoms with Crippen LogP contribution < -0.4 is 0 Å². The van der Waals surface area contributed by atoms with Gasteiger partial charge in [0.05, 0.1) is 39.5 Å². The molecule has 0 saturated carbocycles. The summed E-state index contributed by atoms with van der Waals surface area (Å²) in [7, 11) is 0. The number of hydrogen-bond acceptors (Lipinski definition) is 5. The minimum atomic E-state index is -1.04. The first kappa shape index (κ1) is 35.6. The molecule has 7 aromatic rings. The van der Waals surface area contributed by atoms with E-state index in [-0.39, 0.29) is 16.7 Å². The van der Waals surface area contributed by atoms with Crippen LogP contribution in [0.25, 0.3) is 90.9 Å².